The summed E-state index contributed by atoms with van der Waals surface area (Å²) in [6.07, 6.45) is 3.04. The van der Waals surface area contributed by atoms with E-state index in [2.05, 4.69) is 0 Å². The zero-order valence-electron chi connectivity index (χ0n) is 13.5. The number of rotatable bonds is 6. The summed E-state index contributed by atoms with van der Waals surface area (Å²) >= 11 is 0. The Kier molecular flexibility index (Phi) is 5.90. The molecule has 1 aromatic carbocycles. The second kappa shape index (κ2) is 7.90. The Balaban J connectivity index is 1.89. The van der Waals surface area contributed by atoms with Gasteiger partial charge in [0.2, 0.25) is 5.91 Å². The number of likely N-dealkylation sites (tertiary alicyclic amines) is 1. The standard InChI is InChI=1S/C18H23NO4/c1-13(20)16-7-4-14(5-8-16)11-17(21)19-10-2-3-15(12-19)6-9-18(22)23/h4-5,7-8,15H,2-3,6,9-12H2,1H3,(H,22,23). The van der Waals surface area contributed by atoms with E-state index in [0.29, 0.717) is 24.9 Å². The summed E-state index contributed by atoms with van der Waals surface area (Å²) in [6.45, 7) is 2.91. The fourth-order valence-electron chi connectivity index (χ4n) is 3.00. The molecular formula is C18H23NO4. The molecule has 1 N–H and O–H groups in total. The predicted molar refractivity (Wildman–Crippen MR) is 86.3 cm³/mol. The van der Waals surface area contributed by atoms with Crippen LogP contribution in [0.15, 0.2) is 24.3 Å². The van der Waals surface area contributed by atoms with Crippen molar-refractivity contribution in [3.8, 4) is 0 Å². The van der Waals surface area contributed by atoms with Crippen LogP contribution < -0.4 is 0 Å². The Morgan fingerprint density at radius 2 is 1.91 bits per heavy atom. The van der Waals surface area contributed by atoms with Crippen molar-refractivity contribution in [2.75, 3.05) is 13.1 Å². The molecule has 1 saturated heterocycles. The maximum atomic E-state index is 12.4. The first-order valence-corrected chi connectivity index (χ1v) is 8.05. The highest BCUT2D eigenvalue weighted by molar-refractivity contribution is 5.94. The molecule has 1 aliphatic heterocycles. The lowest BCUT2D eigenvalue weighted by Crippen LogP contribution is -2.40. The van der Waals surface area contributed by atoms with Crippen molar-refractivity contribution < 1.29 is 19.5 Å². The van der Waals surface area contributed by atoms with Crippen molar-refractivity contribution in [3.05, 3.63) is 35.4 Å². The summed E-state index contributed by atoms with van der Waals surface area (Å²) < 4.78 is 0. The first-order valence-electron chi connectivity index (χ1n) is 8.05. The van der Waals surface area contributed by atoms with Gasteiger partial charge in [0.1, 0.15) is 0 Å². The van der Waals surface area contributed by atoms with Crippen molar-refractivity contribution in [3.63, 3.8) is 0 Å². The molecule has 1 aromatic rings. The summed E-state index contributed by atoms with van der Waals surface area (Å²) in [5.41, 5.74) is 1.54. The Labute approximate surface area is 136 Å². The van der Waals surface area contributed by atoms with Gasteiger partial charge in [0.15, 0.2) is 5.78 Å². The molecule has 0 aromatic heterocycles. The summed E-state index contributed by atoms with van der Waals surface area (Å²) in [5.74, 6) is -0.413. The van der Waals surface area contributed by atoms with E-state index >= 15 is 0 Å². The minimum absolute atomic E-state index is 0.0141. The minimum Gasteiger partial charge on any atom is -0.481 e. The van der Waals surface area contributed by atoms with E-state index in [1.807, 2.05) is 17.0 Å². The van der Waals surface area contributed by atoms with Gasteiger partial charge in [-0.2, -0.15) is 0 Å². The molecule has 0 saturated carbocycles. The molecule has 1 atom stereocenters. The minimum atomic E-state index is -0.779. The Morgan fingerprint density at radius 3 is 2.52 bits per heavy atom. The van der Waals surface area contributed by atoms with Gasteiger partial charge in [-0.3, -0.25) is 14.4 Å². The Hall–Kier alpha value is -2.17. The quantitative estimate of drug-likeness (QED) is 0.818. The van der Waals surface area contributed by atoms with E-state index in [0.717, 1.165) is 24.9 Å². The number of ketones is 1. The molecule has 5 heteroatoms. The average Bonchev–Trinajstić information content (AvgIpc) is 2.53. The Bertz CT molecular complexity index is 579. The van der Waals surface area contributed by atoms with Gasteiger partial charge in [0.25, 0.3) is 0 Å². The molecule has 1 amide bonds. The summed E-state index contributed by atoms with van der Waals surface area (Å²) in [4.78, 5) is 36.2. The fraction of sp³-hybridized carbons (Fsp3) is 0.500. The lowest BCUT2D eigenvalue weighted by molar-refractivity contribution is -0.137. The lowest BCUT2D eigenvalue weighted by Gasteiger charge is -2.32. The van der Waals surface area contributed by atoms with Gasteiger partial charge in [-0.25, -0.2) is 0 Å². The number of carboxylic acid groups (broad SMARTS) is 1. The van der Waals surface area contributed by atoms with Crippen LogP contribution in [0, 0.1) is 5.92 Å². The van der Waals surface area contributed by atoms with Crippen LogP contribution in [0.5, 0.6) is 0 Å². The first kappa shape index (κ1) is 17.2. The van der Waals surface area contributed by atoms with Gasteiger partial charge in [-0.05, 0) is 37.7 Å². The number of hydrogen-bond donors (Lipinski definition) is 1. The lowest BCUT2D eigenvalue weighted by atomic mass is 9.93. The number of carboxylic acids is 1. The van der Waals surface area contributed by atoms with E-state index in [1.165, 1.54) is 6.92 Å². The van der Waals surface area contributed by atoms with Gasteiger partial charge in [0, 0.05) is 25.1 Å². The molecule has 124 valence electrons. The summed E-state index contributed by atoms with van der Waals surface area (Å²) in [7, 11) is 0. The van der Waals surface area contributed by atoms with Gasteiger partial charge in [0.05, 0.1) is 6.42 Å². The van der Waals surface area contributed by atoms with Crippen molar-refractivity contribution >= 4 is 17.7 Å². The number of carbonyl (C=O) groups is 3. The van der Waals surface area contributed by atoms with Gasteiger partial charge >= 0.3 is 5.97 Å². The van der Waals surface area contributed by atoms with E-state index in [9.17, 15) is 14.4 Å². The third-order valence-corrected chi connectivity index (χ3v) is 4.35. The Morgan fingerprint density at radius 1 is 1.22 bits per heavy atom. The van der Waals surface area contributed by atoms with Crippen molar-refractivity contribution in [1.29, 1.82) is 0 Å². The third kappa shape index (κ3) is 5.20. The van der Waals surface area contributed by atoms with Crippen LogP contribution in [-0.2, 0) is 16.0 Å². The number of hydrogen-bond acceptors (Lipinski definition) is 3. The predicted octanol–water partition coefficient (Wildman–Crippen LogP) is 2.54. The van der Waals surface area contributed by atoms with Gasteiger partial charge in [-0.15, -0.1) is 0 Å². The van der Waals surface area contributed by atoms with Gasteiger partial charge in [-0.1, -0.05) is 24.3 Å². The van der Waals surface area contributed by atoms with Crippen molar-refractivity contribution in [2.24, 2.45) is 5.92 Å². The highest BCUT2D eigenvalue weighted by Crippen LogP contribution is 2.21. The van der Waals surface area contributed by atoms with E-state index in [-0.39, 0.29) is 24.0 Å². The molecule has 1 aliphatic rings. The number of carbonyl (C=O) groups excluding carboxylic acids is 2. The first-order chi connectivity index (χ1) is 11.0. The SMILES string of the molecule is CC(=O)c1ccc(CC(=O)N2CCCC(CCC(=O)O)C2)cc1. The molecule has 0 radical (unpaired) electrons. The molecular weight excluding hydrogens is 294 g/mol. The topological polar surface area (TPSA) is 74.7 Å². The second-order valence-electron chi connectivity index (χ2n) is 6.21. The average molecular weight is 317 g/mol. The van der Waals surface area contributed by atoms with Crippen LogP contribution in [-0.4, -0.2) is 40.8 Å². The number of benzene rings is 1. The summed E-state index contributed by atoms with van der Waals surface area (Å²) in [6, 6.07) is 7.13. The largest absolute Gasteiger partial charge is 0.481 e. The molecule has 0 bridgehead atoms. The van der Waals surface area contributed by atoms with Crippen molar-refractivity contribution in [1.82, 2.24) is 4.90 Å². The van der Waals surface area contributed by atoms with E-state index in [4.69, 9.17) is 5.11 Å². The van der Waals surface area contributed by atoms with Crippen LogP contribution in [0.1, 0.15) is 48.5 Å². The van der Waals surface area contributed by atoms with Crippen LogP contribution in [0.2, 0.25) is 0 Å². The van der Waals surface area contributed by atoms with E-state index in [1.54, 1.807) is 12.1 Å². The maximum absolute atomic E-state index is 12.4. The maximum Gasteiger partial charge on any atom is 0.303 e. The van der Waals surface area contributed by atoms with E-state index < -0.39 is 5.97 Å². The highest BCUT2D eigenvalue weighted by Gasteiger charge is 2.24. The monoisotopic (exact) mass is 317 g/mol. The van der Waals surface area contributed by atoms with Gasteiger partial charge < -0.3 is 10.0 Å². The molecule has 0 aliphatic carbocycles. The summed E-state index contributed by atoms with van der Waals surface area (Å²) in [5, 5.41) is 8.77. The zero-order valence-corrected chi connectivity index (χ0v) is 13.5. The molecule has 5 nitrogen and oxygen atoms in total. The number of nitrogens with zero attached hydrogens (tertiary/aromatic N) is 1. The normalized spacial score (nSPS) is 17.8. The molecule has 1 heterocycles. The number of piperidine rings is 1. The van der Waals surface area contributed by atoms with Crippen LogP contribution in [0.4, 0.5) is 0 Å². The second-order valence-corrected chi connectivity index (χ2v) is 6.21. The highest BCUT2D eigenvalue weighted by atomic mass is 16.4. The molecule has 1 fully saturated rings. The molecule has 23 heavy (non-hydrogen) atoms. The molecule has 2 rings (SSSR count). The fourth-order valence-corrected chi connectivity index (χ4v) is 3.00. The van der Waals surface area contributed by atoms with Crippen molar-refractivity contribution in [2.45, 2.75) is 39.0 Å². The van der Waals surface area contributed by atoms with Crippen LogP contribution >= 0.6 is 0 Å². The third-order valence-electron chi connectivity index (χ3n) is 4.35. The molecule has 1 unspecified atom stereocenters. The molecule has 0 spiro atoms. The van der Waals surface area contributed by atoms with Crippen LogP contribution in [0.3, 0.4) is 0 Å². The zero-order chi connectivity index (χ0) is 16.8. The number of Topliss-reactive ketones (excluding diaryl/α,β-unsaturated/α-hetero) is 1. The smallest absolute Gasteiger partial charge is 0.303 e. The number of aliphatic carboxylic acids is 1. The van der Waals surface area contributed by atoms with Crippen LogP contribution in [0.25, 0.3) is 0 Å². The number of amides is 1.